The van der Waals surface area contributed by atoms with Crippen molar-refractivity contribution in [2.45, 2.75) is 45.2 Å². The first-order valence-electron chi connectivity index (χ1n) is 10.3. The van der Waals surface area contributed by atoms with Gasteiger partial charge in [0.15, 0.2) is 5.78 Å². The highest BCUT2D eigenvalue weighted by Crippen LogP contribution is 2.22. The normalized spacial score (nSPS) is 15.1. The van der Waals surface area contributed by atoms with Gasteiger partial charge in [-0.15, -0.1) is 0 Å². The van der Waals surface area contributed by atoms with Gasteiger partial charge in [0.1, 0.15) is 5.75 Å². The van der Waals surface area contributed by atoms with Crippen LogP contribution in [0.5, 0.6) is 5.75 Å². The van der Waals surface area contributed by atoms with Gasteiger partial charge in [0.25, 0.3) is 0 Å². The number of nitrogens with one attached hydrogen (secondary N) is 1. The van der Waals surface area contributed by atoms with Crippen LogP contribution in [-0.4, -0.2) is 42.8 Å². The number of carbonyl (C=O) groups excluding carboxylic acids is 2. The molecule has 154 valence electrons. The van der Waals surface area contributed by atoms with Crippen molar-refractivity contribution >= 4 is 11.7 Å². The van der Waals surface area contributed by atoms with Gasteiger partial charge in [0.2, 0.25) is 5.91 Å². The molecular formula is C24H30N2O3. The number of hydrogen-bond donors (Lipinski definition) is 1. The van der Waals surface area contributed by atoms with Crippen molar-refractivity contribution < 1.29 is 14.3 Å². The summed E-state index contributed by atoms with van der Waals surface area (Å²) in [5.74, 6) is 0.455. The van der Waals surface area contributed by atoms with Crippen molar-refractivity contribution in [3.05, 3.63) is 65.2 Å². The Kier molecular flexibility index (Phi) is 7.42. The molecular weight excluding hydrogens is 364 g/mol. The summed E-state index contributed by atoms with van der Waals surface area (Å²) in [6.45, 7) is 4.83. The maximum absolute atomic E-state index is 12.5. The lowest BCUT2D eigenvalue weighted by atomic mass is 10.0. The van der Waals surface area contributed by atoms with Crippen molar-refractivity contribution in [1.29, 1.82) is 0 Å². The van der Waals surface area contributed by atoms with Gasteiger partial charge in [-0.1, -0.05) is 42.0 Å². The average Bonchev–Trinajstić information content (AvgIpc) is 2.74. The molecule has 1 heterocycles. The Morgan fingerprint density at radius 3 is 2.48 bits per heavy atom. The number of likely N-dealkylation sites (tertiary alicyclic amines) is 1. The zero-order valence-electron chi connectivity index (χ0n) is 17.3. The smallest absolute Gasteiger partial charge is 0.220 e. The molecule has 1 aliphatic heterocycles. The maximum atomic E-state index is 12.5. The van der Waals surface area contributed by atoms with Gasteiger partial charge >= 0.3 is 0 Å². The van der Waals surface area contributed by atoms with Gasteiger partial charge < -0.3 is 10.1 Å². The molecule has 0 radical (unpaired) electrons. The summed E-state index contributed by atoms with van der Waals surface area (Å²) in [6.07, 6.45) is 2.29. The van der Waals surface area contributed by atoms with Crippen LogP contribution >= 0.6 is 0 Å². The molecule has 0 spiro atoms. The van der Waals surface area contributed by atoms with Gasteiger partial charge in [-0.05, 0) is 37.5 Å². The predicted octanol–water partition coefficient (Wildman–Crippen LogP) is 3.75. The fourth-order valence-corrected chi connectivity index (χ4v) is 3.78. The average molecular weight is 395 g/mol. The first-order valence-corrected chi connectivity index (χ1v) is 10.3. The highest BCUT2D eigenvalue weighted by Gasteiger charge is 2.21. The van der Waals surface area contributed by atoms with Gasteiger partial charge in [-0.3, -0.25) is 14.5 Å². The first kappa shape index (κ1) is 21.1. The minimum absolute atomic E-state index is 0.0496. The molecule has 0 saturated carbocycles. The molecule has 1 fully saturated rings. The van der Waals surface area contributed by atoms with Crippen LogP contribution in [0.2, 0.25) is 0 Å². The van der Waals surface area contributed by atoms with Gasteiger partial charge in [0, 0.05) is 38.5 Å². The maximum Gasteiger partial charge on any atom is 0.220 e. The van der Waals surface area contributed by atoms with E-state index in [1.807, 2.05) is 25.1 Å². The fraction of sp³-hybridized carbons (Fsp3) is 0.417. The van der Waals surface area contributed by atoms with Gasteiger partial charge in [0.05, 0.1) is 12.7 Å². The second kappa shape index (κ2) is 10.2. The van der Waals surface area contributed by atoms with E-state index < -0.39 is 0 Å². The number of Topliss-reactive ketones (excluding diaryl/α,β-unsaturated/α-hetero) is 1. The number of methoxy groups -OCH3 is 1. The van der Waals surface area contributed by atoms with Gasteiger partial charge in [-0.2, -0.15) is 0 Å². The van der Waals surface area contributed by atoms with Gasteiger partial charge in [-0.25, -0.2) is 0 Å². The van der Waals surface area contributed by atoms with E-state index in [2.05, 4.69) is 34.5 Å². The number of benzene rings is 2. The summed E-state index contributed by atoms with van der Waals surface area (Å²) in [6, 6.07) is 16.2. The van der Waals surface area contributed by atoms with Crippen LogP contribution in [0.15, 0.2) is 48.5 Å². The summed E-state index contributed by atoms with van der Waals surface area (Å²) >= 11 is 0. The number of hydrogen-bond acceptors (Lipinski definition) is 4. The molecule has 0 atom stereocenters. The SMILES string of the molecule is COc1ccc(C)cc1C(=O)CCC(=O)NC1CCN(Cc2ccccc2)CC1. The van der Waals surface area contributed by atoms with E-state index >= 15 is 0 Å². The molecule has 2 aromatic carbocycles. The second-order valence-electron chi connectivity index (χ2n) is 7.73. The van der Waals surface area contributed by atoms with E-state index in [0.717, 1.165) is 38.0 Å². The Hall–Kier alpha value is -2.66. The lowest BCUT2D eigenvalue weighted by Crippen LogP contribution is -2.44. The number of rotatable bonds is 8. The first-order chi connectivity index (χ1) is 14.0. The van der Waals surface area contributed by atoms with E-state index in [-0.39, 0.29) is 30.6 Å². The van der Waals surface area contributed by atoms with Crippen molar-refractivity contribution in [2.75, 3.05) is 20.2 Å². The Balaban J connectivity index is 1.41. The minimum Gasteiger partial charge on any atom is -0.496 e. The topological polar surface area (TPSA) is 58.6 Å². The standard InChI is InChI=1S/C24H30N2O3/c1-18-8-10-23(29-2)21(16-18)22(27)9-11-24(28)25-20-12-14-26(15-13-20)17-19-6-4-3-5-7-19/h3-8,10,16,20H,9,11-15,17H2,1-2H3,(H,25,28). The highest BCUT2D eigenvalue weighted by atomic mass is 16.5. The summed E-state index contributed by atoms with van der Waals surface area (Å²) in [4.78, 5) is 27.3. The van der Waals surface area contributed by atoms with Crippen LogP contribution < -0.4 is 10.1 Å². The number of amides is 1. The molecule has 0 aromatic heterocycles. The second-order valence-corrected chi connectivity index (χ2v) is 7.73. The number of piperidine rings is 1. The summed E-state index contributed by atoms with van der Waals surface area (Å²) in [5, 5.41) is 3.10. The number of ketones is 1. The molecule has 1 amide bonds. The Labute approximate surface area is 173 Å². The van der Waals surface area contributed by atoms with Crippen LogP contribution in [0.1, 0.15) is 47.2 Å². The van der Waals surface area contributed by atoms with Crippen molar-refractivity contribution in [3.63, 3.8) is 0 Å². The zero-order chi connectivity index (χ0) is 20.6. The molecule has 0 aliphatic carbocycles. The Morgan fingerprint density at radius 2 is 1.79 bits per heavy atom. The number of carbonyl (C=O) groups is 2. The molecule has 5 heteroatoms. The third-order valence-corrected chi connectivity index (χ3v) is 5.44. The number of aryl methyl sites for hydroxylation is 1. The molecule has 1 N–H and O–H groups in total. The van der Waals surface area contributed by atoms with Crippen LogP contribution in [0.3, 0.4) is 0 Å². The summed E-state index contributed by atoms with van der Waals surface area (Å²) in [5.41, 5.74) is 2.87. The number of nitrogens with zero attached hydrogens (tertiary/aromatic N) is 1. The Bertz CT molecular complexity index is 827. The Morgan fingerprint density at radius 1 is 1.07 bits per heavy atom. The molecule has 0 unspecified atom stereocenters. The zero-order valence-corrected chi connectivity index (χ0v) is 17.3. The van der Waals surface area contributed by atoms with Crippen molar-refractivity contribution in [2.24, 2.45) is 0 Å². The molecule has 2 aromatic rings. The molecule has 1 aliphatic rings. The summed E-state index contributed by atoms with van der Waals surface area (Å²) < 4.78 is 5.28. The monoisotopic (exact) mass is 394 g/mol. The highest BCUT2D eigenvalue weighted by molar-refractivity contribution is 6.00. The van der Waals surface area contributed by atoms with Crippen molar-refractivity contribution in [1.82, 2.24) is 10.2 Å². The lowest BCUT2D eigenvalue weighted by molar-refractivity contribution is -0.122. The predicted molar refractivity (Wildman–Crippen MR) is 114 cm³/mol. The third-order valence-electron chi connectivity index (χ3n) is 5.44. The van der Waals surface area contributed by atoms with E-state index in [0.29, 0.717) is 11.3 Å². The fourth-order valence-electron chi connectivity index (χ4n) is 3.78. The van der Waals surface area contributed by atoms with E-state index in [4.69, 9.17) is 4.74 Å². The van der Waals surface area contributed by atoms with E-state index in [1.54, 1.807) is 13.2 Å². The van der Waals surface area contributed by atoms with E-state index in [1.165, 1.54) is 5.56 Å². The summed E-state index contributed by atoms with van der Waals surface area (Å²) in [7, 11) is 1.55. The lowest BCUT2D eigenvalue weighted by Gasteiger charge is -2.32. The van der Waals surface area contributed by atoms with Crippen LogP contribution in [-0.2, 0) is 11.3 Å². The molecule has 0 bridgehead atoms. The molecule has 29 heavy (non-hydrogen) atoms. The van der Waals surface area contributed by atoms with Crippen LogP contribution in [0.4, 0.5) is 0 Å². The third kappa shape index (κ3) is 6.16. The largest absolute Gasteiger partial charge is 0.496 e. The molecule has 5 nitrogen and oxygen atoms in total. The van der Waals surface area contributed by atoms with E-state index in [9.17, 15) is 9.59 Å². The number of ether oxygens (including phenoxy) is 1. The molecule has 3 rings (SSSR count). The van der Waals surface area contributed by atoms with Crippen molar-refractivity contribution in [3.8, 4) is 5.75 Å². The quantitative estimate of drug-likeness (QED) is 0.693. The molecule has 1 saturated heterocycles. The van der Waals surface area contributed by atoms with Crippen LogP contribution in [0.25, 0.3) is 0 Å². The van der Waals surface area contributed by atoms with Crippen LogP contribution in [0, 0.1) is 6.92 Å². The minimum atomic E-state index is -0.0571.